The lowest BCUT2D eigenvalue weighted by Gasteiger charge is -2.00. The number of carbonyl (C=O) groups excluding carboxylic acids is 1. The first-order valence-corrected chi connectivity index (χ1v) is 8.25. The van der Waals surface area contributed by atoms with Crippen molar-refractivity contribution in [3.05, 3.63) is 30.1 Å². The summed E-state index contributed by atoms with van der Waals surface area (Å²) in [7, 11) is 0. The summed E-state index contributed by atoms with van der Waals surface area (Å²) >= 11 is 0. The summed E-state index contributed by atoms with van der Waals surface area (Å²) in [6, 6.07) is 4.53. The fraction of sp³-hybridized carbons (Fsp3) is 0.667. The minimum atomic E-state index is -1.08. The van der Waals surface area contributed by atoms with Crippen LogP contribution in [0.25, 0.3) is 0 Å². The van der Waals surface area contributed by atoms with Gasteiger partial charge in [0.05, 0.1) is 0 Å². The predicted octanol–water partition coefficient (Wildman–Crippen LogP) is 3.04. The molecule has 120 valence electrons. The molecule has 3 heteroatoms. The second-order valence-electron chi connectivity index (χ2n) is 5.45. The molecule has 0 unspecified atom stereocenters. The first kappa shape index (κ1) is 19.6. The third kappa shape index (κ3) is 13.4. The van der Waals surface area contributed by atoms with Crippen LogP contribution in [0.4, 0.5) is 0 Å². The standard InChI is InChI=1S/C16H28N.C2H4O2/c1-3-5-6-7-8-9-13-17-14-11-16(10-4-2)12-15-17;1-2(3)4/h11-12,14-15H,3-10,13H2,1-2H3;1H3,(H,3,4)/q+1;/p-1. The highest BCUT2D eigenvalue weighted by atomic mass is 16.4. The van der Waals surface area contributed by atoms with Crippen molar-refractivity contribution >= 4 is 5.97 Å². The molecule has 0 saturated heterocycles. The molecule has 0 atom stereocenters. The van der Waals surface area contributed by atoms with Gasteiger partial charge in [-0.15, -0.1) is 0 Å². The van der Waals surface area contributed by atoms with Crippen LogP contribution in [0, 0.1) is 0 Å². The Morgan fingerprint density at radius 2 is 1.52 bits per heavy atom. The van der Waals surface area contributed by atoms with Gasteiger partial charge in [-0.1, -0.05) is 46.0 Å². The summed E-state index contributed by atoms with van der Waals surface area (Å²) in [4.78, 5) is 8.89. The Balaban J connectivity index is 0.000000885. The molecule has 0 amide bonds. The van der Waals surface area contributed by atoms with Crippen molar-refractivity contribution in [1.82, 2.24) is 0 Å². The number of carbonyl (C=O) groups is 1. The number of aliphatic carboxylic acids is 1. The molecule has 21 heavy (non-hydrogen) atoms. The number of rotatable bonds is 9. The number of aromatic nitrogens is 1. The summed E-state index contributed by atoms with van der Waals surface area (Å²) in [5.41, 5.74) is 1.46. The van der Waals surface area contributed by atoms with Crippen molar-refractivity contribution in [1.29, 1.82) is 0 Å². The molecule has 3 nitrogen and oxygen atoms in total. The van der Waals surface area contributed by atoms with Gasteiger partial charge in [0.1, 0.15) is 6.54 Å². The van der Waals surface area contributed by atoms with Crippen LogP contribution in [0.2, 0.25) is 0 Å². The van der Waals surface area contributed by atoms with Crippen LogP contribution in [0.1, 0.15) is 71.3 Å². The topological polar surface area (TPSA) is 44.0 Å². The Hall–Kier alpha value is -1.38. The zero-order chi connectivity index (χ0) is 15.9. The van der Waals surface area contributed by atoms with Gasteiger partial charge >= 0.3 is 0 Å². The zero-order valence-electron chi connectivity index (χ0n) is 13.9. The van der Waals surface area contributed by atoms with Gasteiger partial charge in [0, 0.05) is 24.5 Å². The number of pyridine rings is 1. The van der Waals surface area contributed by atoms with Crippen LogP contribution in [0.5, 0.6) is 0 Å². The highest BCUT2D eigenvalue weighted by molar-refractivity contribution is 5.60. The van der Waals surface area contributed by atoms with Gasteiger partial charge in [-0.2, -0.15) is 0 Å². The molecule has 1 heterocycles. The van der Waals surface area contributed by atoms with Gasteiger partial charge in [-0.25, -0.2) is 4.57 Å². The summed E-state index contributed by atoms with van der Waals surface area (Å²) in [5, 5.41) is 8.89. The van der Waals surface area contributed by atoms with E-state index in [1.54, 1.807) is 0 Å². The monoisotopic (exact) mass is 293 g/mol. The fourth-order valence-electron chi connectivity index (χ4n) is 2.17. The maximum Gasteiger partial charge on any atom is 0.169 e. The summed E-state index contributed by atoms with van der Waals surface area (Å²) in [6.45, 7) is 6.66. The molecule has 0 saturated carbocycles. The summed E-state index contributed by atoms with van der Waals surface area (Å²) in [6.07, 6.45) is 15.2. The van der Waals surface area contributed by atoms with Gasteiger partial charge in [0.2, 0.25) is 0 Å². The average molecular weight is 293 g/mol. The molecular weight excluding hydrogens is 262 g/mol. The van der Waals surface area contributed by atoms with E-state index in [0.717, 1.165) is 6.92 Å². The molecule has 0 spiro atoms. The minimum absolute atomic E-state index is 0.972. The van der Waals surface area contributed by atoms with Crippen molar-refractivity contribution in [2.24, 2.45) is 0 Å². The van der Waals surface area contributed by atoms with E-state index in [1.165, 1.54) is 63.5 Å². The van der Waals surface area contributed by atoms with Crippen LogP contribution >= 0.6 is 0 Å². The largest absolute Gasteiger partial charge is 0.550 e. The molecule has 0 radical (unpaired) electrons. The van der Waals surface area contributed by atoms with Crippen LogP contribution < -0.4 is 9.67 Å². The molecule has 0 aliphatic rings. The molecule has 0 fully saturated rings. The highest BCUT2D eigenvalue weighted by Crippen LogP contribution is 2.05. The lowest BCUT2D eigenvalue weighted by molar-refractivity contribution is -0.697. The Morgan fingerprint density at radius 1 is 1.00 bits per heavy atom. The Bertz CT molecular complexity index is 356. The molecule has 0 N–H and O–H groups in total. The number of hydrogen-bond donors (Lipinski definition) is 0. The third-order valence-corrected chi connectivity index (χ3v) is 3.27. The number of hydrogen-bond acceptors (Lipinski definition) is 2. The number of nitrogens with zero attached hydrogens (tertiary/aromatic N) is 1. The smallest absolute Gasteiger partial charge is 0.169 e. The lowest BCUT2D eigenvalue weighted by atomic mass is 10.1. The van der Waals surface area contributed by atoms with Crippen molar-refractivity contribution in [3.63, 3.8) is 0 Å². The summed E-state index contributed by atoms with van der Waals surface area (Å²) < 4.78 is 2.32. The minimum Gasteiger partial charge on any atom is -0.550 e. The number of carboxylic acids is 1. The van der Waals surface area contributed by atoms with Crippen molar-refractivity contribution in [3.8, 4) is 0 Å². The second-order valence-corrected chi connectivity index (χ2v) is 5.45. The Morgan fingerprint density at radius 3 is 2.05 bits per heavy atom. The Labute approximate surface area is 130 Å². The maximum atomic E-state index is 8.89. The van der Waals surface area contributed by atoms with Crippen molar-refractivity contribution in [2.75, 3.05) is 0 Å². The molecular formula is C18H31NO2. The molecule has 0 aliphatic heterocycles. The van der Waals surface area contributed by atoms with E-state index >= 15 is 0 Å². The van der Waals surface area contributed by atoms with E-state index in [2.05, 4.69) is 42.9 Å². The van der Waals surface area contributed by atoms with Crippen molar-refractivity contribution < 1.29 is 14.5 Å². The van der Waals surface area contributed by atoms with E-state index in [9.17, 15) is 0 Å². The zero-order valence-corrected chi connectivity index (χ0v) is 13.9. The first-order valence-electron chi connectivity index (χ1n) is 8.25. The number of carboxylic acid groups (broad SMARTS) is 1. The van der Waals surface area contributed by atoms with Gasteiger partial charge in [0.15, 0.2) is 12.4 Å². The van der Waals surface area contributed by atoms with Gasteiger partial charge in [-0.3, -0.25) is 0 Å². The van der Waals surface area contributed by atoms with Crippen LogP contribution in [0.15, 0.2) is 24.5 Å². The van der Waals surface area contributed by atoms with Gasteiger partial charge in [0.25, 0.3) is 0 Å². The van der Waals surface area contributed by atoms with Gasteiger partial charge in [-0.05, 0) is 25.3 Å². The van der Waals surface area contributed by atoms with E-state index in [1.807, 2.05) is 0 Å². The van der Waals surface area contributed by atoms with E-state index < -0.39 is 5.97 Å². The van der Waals surface area contributed by atoms with Crippen LogP contribution in [0.3, 0.4) is 0 Å². The van der Waals surface area contributed by atoms with Crippen LogP contribution in [-0.4, -0.2) is 5.97 Å². The van der Waals surface area contributed by atoms with Crippen molar-refractivity contribution in [2.45, 2.75) is 78.7 Å². The molecule has 0 bridgehead atoms. The van der Waals surface area contributed by atoms with E-state index in [4.69, 9.17) is 9.90 Å². The van der Waals surface area contributed by atoms with Crippen LogP contribution in [-0.2, 0) is 17.8 Å². The highest BCUT2D eigenvalue weighted by Gasteiger charge is 2.00. The molecule has 0 aromatic carbocycles. The maximum absolute atomic E-state index is 8.89. The first-order chi connectivity index (χ1) is 10.1. The second kappa shape index (κ2) is 13.6. The third-order valence-electron chi connectivity index (χ3n) is 3.27. The SMILES string of the molecule is CC(=O)[O-].CCCCCCCC[n+]1ccc(CCC)cc1. The Kier molecular flexibility index (Phi) is 12.7. The summed E-state index contributed by atoms with van der Waals surface area (Å²) in [5.74, 6) is -1.08. The molecule has 1 rings (SSSR count). The van der Waals surface area contributed by atoms with Gasteiger partial charge < -0.3 is 9.90 Å². The van der Waals surface area contributed by atoms with E-state index in [0.29, 0.717) is 0 Å². The quantitative estimate of drug-likeness (QED) is 0.519. The predicted molar refractivity (Wildman–Crippen MR) is 84.7 cm³/mol. The molecule has 0 aliphatic carbocycles. The lowest BCUT2D eigenvalue weighted by Crippen LogP contribution is -2.32. The molecule has 1 aromatic rings. The average Bonchev–Trinajstić information content (AvgIpc) is 2.44. The normalized spacial score (nSPS) is 9.86. The fourth-order valence-corrected chi connectivity index (χ4v) is 2.17. The van der Waals surface area contributed by atoms with E-state index in [-0.39, 0.29) is 0 Å². The molecule has 1 aromatic heterocycles. The number of aryl methyl sites for hydroxylation is 2. The number of unbranched alkanes of at least 4 members (excludes halogenated alkanes) is 5.